The van der Waals surface area contributed by atoms with Gasteiger partial charge < -0.3 is 14.9 Å². The van der Waals surface area contributed by atoms with Crippen LogP contribution in [-0.2, 0) is 4.79 Å². The molecule has 2 heterocycles. The number of hydrogen-bond acceptors (Lipinski definition) is 8. The minimum absolute atomic E-state index is 0.176. The molecule has 9 heteroatoms. The van der Waals surface area contributed by atoms with Gasteiger partial charge >= 0.3 is 0 Å². The first-order valence-electron chi connectivity index (χ1n) is 7.91. The molecule has 0 aliphatic rings. The van der Waals surface area contributed by atoms with E-state index in [4.69, 9.17) is 4.74 Å². The fourth-order valence-electron chi connectivity index (χ4n) is 2.21. The van der Waals surface area contributed by atoms with Gasteiger partial charge in [-0.25, -0.2) is 4.98 Å². The summed E-state index contributed by atoms with van der Waals surface area (Å²) in [5, 5.41) is 32.7. The molecule has 0 aliphatic carbocycles. The van der Waals surface area contributed by atoms with Gasteiger partial charge in [0.1, 0.15) is 23.1 Å². The third kappa shape index (κ3) is 4.25. The van der Waals surface area contributed by atoms with Gasteiger partial charge in [0, 0.05) is 5.38 Å². The summed E-state index contributed by atoms with van der Waals surface area (Å²) in [4.78, 5) is 20.9. The average Bonchev–Trinajstić information content (AvgIpc) is 3.17. The third-order valence-corrected chi connectivity index (χ3v) is 4.39. The predicted molar refractivity (Wildman–Crippen MR) is 104 cm³/mol. The zero-order valence-electron chi connectivity index (χ0n) is 14.6. The molecule has 0 spiro atoms. The van der Waals surface area contributed by atoms with Crippen LogP contribution in [0.3, 0.4) is 0 Å². The number of phenolic OH excluding ortho intramolecular Hbond substituents is 2. The number of benzene rings is 1. The van der Waals surface area contributed by atoms with Crippen LogP contribution in [0, 0.1) is 11.3 Å². The van der Waals surface area contributed by atoms with Crippen LogP contribution in [0.15, 0.2) is 47.5 Å². The van der Waals surface area contributed by atoms with E-state index < -0.39 is 5.91 Å². The van der Waals surface area contributed by atoms with Gasteiger partial charge in [-0.15, -0.1) is 11.3 Å². The fraction of sp³-hybridized carbons (Fsp3) is 0.0526. The number of aromatic nitrogens is 2. The van der Waals surface area contributed by atoms with Crippen molar-refractivity contribution in [3.05, 3.63) is 53.0 Å². The van der Waals surface area contributed by atoms with Crippen molar-refractivity contribution >= 4 is 28.5 Å². The summed E-state index contributed by atoms with van der Waals surface area (Å²) in [6, 6.07) is 9.29. The number of ether oxygens (including phenoxy) is 1. The van der Waals surface area contributed by atoms with Crippen LogP contribution in [0.5, 0.6) is 17.2 Å². The number of nitrogens with zero attached hydrogens (tertiary/aromatic N) is 3. The van der Waals surface area contributed by atoms with E-state index in [-0.39, 0.29) is 17.1 Å². The quantitative estimate of drug-likeness (QED) is 0.344. The zero-order valence-corrected chi connectivity index (χ0v) is 15.4. The molecule has 0 fully saturated rings. The summed E-state index contributed by atoms with van der Waals surface area (Å²) in [6.45, 7) is 0. The van der Waals surface area contributed by atoms with E-state index in [1.165, 1.54) is 35.6 Å². The lowest BCUT2D eigenvalue weighted by Crippen LogP contribution is -2.13. The molecule has 1 aromatic carbocycles. The van der Waals surface area contributed by atoms with E-state index in [0.717, 1.165) is 0 Å². The van der Waals surface area contributed by atoms with Crippen molar-refractivity contribution in [1.29, 1.82) is 5.26 Å². The van der Waals surface area contributed by atoms with E-state index in [1.54, 1.807) is 30.8 Å². The topological polar surface area (TPSA) is 128 Å². The largest absolute Gasteiger partial charge is 0.504 e. The second kappa shape index (κ2) is 8.20. The molecule has 3 aromatic rings. The zero-order chi connectivity index (χ0) is 20.1. The van der Waals surface area contributed by atoms with Crippen molar-refractivity contribution in [2.45, 2.75) is 0 Å². The Labute approximate surface area is 164 Å². The van der Waals surface area contributed by atoms with Gasteiger partial charge in [-0.05, 0) is 35.9 Å². The lowest BCUT2D eigenvalue weighted by Gasteiger charge is -2.02. The molecule has 0 saturated heterocycles. The first-order valence-corrected chi connectivity index (χ1v) is 8.79. The highest BCUT2D eigenvalue weighted by Crippen LogP contribution is 2.27. The number of thiazole rings is 1. The van der Waals surface area contributed by atoms with Crippen molar-refractivity contribution < 1.29 is 19.7 Å². The first kappa shape index (κ1) is 18.9. The van der Waals surface area contributed by atoms with Gasteiger partial charge in [-0.1, -0.05) is 6.07 Å². The van der Waals surface area contributed by atoms with E-state index in [9.17, 15) is 20.3 Å². The number of anilines is 1. The van der Waals surface area contributed by atoms with E-state index >= 15 is 0 Å². The molecule has 0 atom stereocenters. The highest BCUT2D eigenvalue weighted by Gasteiger charge is 2.13. The van der Waals surface area contributed by atoms with Gasteiger partial charge in [-0.3, -0.25) is 15.1 Å². The molecule has 0 saturated carbocycles. The molecule has 3 rings (SSSR count). The minimum Gasteiger partial charge on any atom is -0.504 e. The van der Waals surface area contributed by atoms with Crippen molar-refractivity contribution in [2.75, 3.05) is 12.4 Å². The SMILES string of the molecule is COc1ccc(-c2csc(NC(=O)/C(C#N)=C/c3ccc(O)c(O)c3)n2)nc1. The van der Waals surface area contributed by atoms with E-state index in [0.29, 0.717) is 27.8 Å². The van der Waals surface area contributed by atoms with Crippen molar-refractivity contribution in [2.24, 2.45) is 0 Å². The Balaban J connectivity index is 1.76. The molecule has 8 nitrogen and oxygen atoms in total. The van der Waals surface area contributed by atoms with E-state index in [1.807, 2.05) is 6.07 Å². The van der Waals surface area contributed by atoms with Crippen LogP contribution in [-0.4, -0.2) is 33.2 Å². The van der Waals surface area contributed by atoms with Crippen LogP contribution in [0.25, 0.3) is 17.5 Å². The summed E-state index contributed by atoms with van der Waals surface area (Å²) in [5.41, 5.74) is 1.41. The molecule has 0 bridgehead atoms. The Hall–Kier alpha value is -3.90. The number of nitriles is 1. The summed E-state index contributed by atoms with van der Waals surface area (Å²) in [7, 11) is 1.55. The van der Waals surface area contributed by atoms with Gasteiger partial charge in [0.05, 0.1) is 19.0 Å². The Bertz CT molecular complexity index is 1080. The summed E-state index contributed by atoms with van der Waals surface area (Å²) in [6.07, 6.45) is 2.87. The number of pyridine rings is 1. The third-order valence-electron chi connectivity index (χ3n) is 3.63. The molecule has 28 heavy (non-hydrogen) atoms. The maximum absolute atomic E-state index is 12.3. The lowest BCUT2D eigenvalue weighted by atomic mass is 10.1. The fourth-order valence-corrected chi connectivity index (χ4v) is 2.91. The Kier molecular flexibility index (Phi) is 5.53. The average molecular weight is 394 g/mol. The second-order valence-electron chi connectivity index (χ2n) is 5.49. The van der Waals surface area contributed by atoms with Gasteiger partial charge in [0.15, 0.2) is 16.6 Å². The summed E-state index contributed by atoms with van der Waals surface area (Å²) >= 11 is 1.20. The second-order valence-corrected chi connectivity index (χ2v) is 6.35. The van der Waals surface area contributed by atoms with Crippen molar-refractivity contribution in [1.82, 2.24) is 9.97 Å². The Morgan fingerprint density at radius 1 is 1.25 bits per heavy atom. The molecule has 140 valence electrons. The maximum atomic E-state index is 12.3. The Morgan fingerprint density at radius 3 is 2.71 bits per heavy atom. The van der Waals surface area contributed by atoms with Crippen LogP contribution in [0.4, 0.5) is 5.13 Å². The summed E-state index contributed by atoms with van der Waals surface area (Å²) < 4.78 is 5.06. The molecule has 2 aromatic heterocycles. The lowest BCUT2D eigenvalue weighted by molar-refractivity contribution is -0.112. The van der Waals surface area contributed by atoms with Gasteiger partial charge in [0.2, 0.25) is 0 Å². The van der Waals surface area contributed by atoms with E-state index in [2.05, 4.69) is 15.3 Å². The standard InChI is InChI=1S/C19H14N4O4S/c1-27-13-3-4-14(21-9-13)15-10-28-19(22-15)23-18(26)12(8-20)6-11-2-5-16(24)17(25)7-11/h2-7,9-10,24-25H,1H3,(H,22,23,26)/b12-6+. The van der Waals surface area contributed by atoms with Gasteiger partial charge in [-0.2, -0.15) is 5.26 Å². The number of carbonyl (C=O) groups is 1. The van der Waals surface area contributed by atoms with Crippen LogP contribution in [0.1, 0.15) is 5.56 Å². The number of nitrogens with one attached hydrogen (secondary N) is 1. The van der Waals surface area contributed by atoms with Crippen LogP contribution < -0.4 is 10.1 Å². The minimum atomic E-state index is -0.640. The number of aromatic hydroxyl groups is 2. The Morgan fingerprint density at radius 2 is 2.07 bits per heavy atom. The highest BCUT2D eigenvalue weighted by molar-refractivity contribution is 7.14. The number of carbonyl (C=O) groups excluding carboxylic acids is 1. The molecule has 1 amide bonds. The number of hydrogen-bond donors (Lipinski definition) is 3. The monoisotopic (exact) mass is 394 g/mol. The molecule has 0 unspecified atom stereocenters. The normalized spacial score (nSPS) is 10.9. The van der Waals surface area contributed by atoms with Gasteiger partial charge in [0.25, 0.3) is 5.91 Å². The summed E-state index contributed by atoms with van der Waals surface area (Å²) in [5.74, 6) is -0.652. The number of methoxy groups -OCH3 is 1. The number of phenols is 2. The van der Waals surface area contributed by atoms with Crippen LogP contribution >= 0.6 is 11.3 Å². The number of rotatable bonds is 5. The highest BCUT2D eigenvalue weighted by atomic mass is 32.1. The predicted octanol–water partition coefficient (Wildman–Crippen LogP) is 3.17. The maximum Gasteiger partial charge on any atom is 0.268 e. The van der Waals surface area contributed by atoms with Crippen molar-refractivity contribution in [3.63, 3.8) is 0 Å². The first-order chi connectivity index (χ1) is 13.5. The van der Waals surface area contributed by atoms with Crippen molar-refractivity contribution in [3.8, 4) is 34.7 Å². The molecular weight excluding hydrogens is 380 g/mol. The molecule has 3 N–H and O–H groups in total. The smallest absolute Gasteiger partial charge is 0.268 e. The molecule has 0 aliphatic heterocycles. The number of amides is 1. The molecule has 0 radical (unpaired) electrons. The molecular formula is C19H14N4O4S. The van der Waals surface area contributed by atoms with Crippen LogP contribution in [0.2, 0.25) is 0 Å².